The van der Waals surface area contributed by atoms with Crippen LogP contribution in [0.3, 0.4) is 0 Å². The lowest BCUT2D eigenvalue weighted by Crippen LogP contribution is -2.22. The van der Waals surface area contributed by atoms with Gasteiger partial charge >= 0.3 is 0 Å². The molecular formula is C13H16N4O. The quantitative estimate of drug-likeness (QED) is 0.869. The number of anilines is 1. The van der Waals surface area contributed by atoms with E-state index in [1.165, 1.54) is 11.1 Å². The highest BCUT2D eigenvalue weighted by Gasteiger charge is 2.24. The second-order valence-corrected chi connectivity index (χ2v) is 4.80. The van der Waals surface area contributed by atoms with Gasteiger partial charge in [-0.3, -0.25) is 0 Å². The molecule has 1 aromatic carbocycles. The fourth-order valence-corrected chi connectivity index (χ4v) is 2.29. The fourth-order valence-electron chi connectivity index (χ4n) is 2.29. The molecule has 0 spiro atoms. The third-order valence-corrected chi connectivity index (χ3v) is 3.35. The van der Waals surface area contributed by atoms with Crippen LogP contribution in [-0.4, -0.2) is 21.1 Å². The van der Waals surface area contributed by atoms with E-state index in [-0.39, 0.29) is 6.10 Å². The number of nitrogen functional groups attached to an aromatic ring is 1. The first kappa shape index (κ1) is 11.1. The molecule has 1 unspecified atom stereocenters. The number of fused-ring (bicyclic) bond motifs is 1. The van der Waals surface area contributed by atoms with E-state index in [2.05, 4.69) is 29.4 Å². The average molecular weight is 244 g/mol. The Morgan fingerprint density at radius 3 is 3.00 bits per heavy atom. The van der Waals surface area contributed by atoms with E-state index in [0.29, 0.717) is 12.4 Å². The van der Waals surface area contributed by atoms with Crippen LogP contribution in [-0.2, 0) is 13.0 Å². The first-order chi connectivity index (χ1) is 8.63. The molecule has 1 aromatic heterocycles. The van der Waals surface area contributed by atoms with Crippen LogP contribution in [0.5, 0.6) is 5.75 Å². The number of ether oxygens (including phenoxy) is 1. The van der Waals surface area contributed by atoms with Gasteiger partial charge in [0.05, 0.1) is 12.2 Å². The van der Waals surface area contributed by atoms with E-state index in [1.54, 1.807) is 4.68 Å². The number of rotatable bonds is 2. The van der Waals surface area contributed by atoms with E-state index < -0.39 is 0 Å². The van der Waals surface area contributed by atoms with Gasteiger partial charge in [0.25, 0.3) is 0 Å². The minimum Gasteiger partial charge on any atom is -0.488 e. The maximum absolute atomic E-state index is 5.90. The third-order valence-electron chi connectivity index (χ3n) is 3.35. The van der Waals surface area contributed by atoms with Crippen LogP contribution in [0, 0.1) is 13.8 Å². The highest BCUT2D eigenvalue weighted by Crippen LogP contribution is 2.30. The van der Waals surface area contributed by atoms with Gasteiger partial charge in [-0.15, -0.1) is 5.10 Å². The lowest BCUT2D eigenvalue weighted by Gasteiger charge is -2.11. The molecular weight excluding hydrogens is 228 g/mol. The zero-order valence-electron chi connectivity index (χ0n) is 10.6. The molecule has 2 aromatic rings. The van der Waals surface area contributed by atoms with Crippen LogP contribution in [0.2, 0.25) is 0 Å². The molecule has 94 valence electrons. The normalized spacial score (nSPS) is 17.6. The summed E-state index contributed by atoms with van der Waals surface area (Å²) in [6.45, 7) is 4.70. The first-order valence-electron chi connectivity index (χ1n) is 6.05. The Balaban J connectivity index is 1.76. The smallest absolute Gasteiger partial charge is 0.168 e. The average Bonchev–Trinajstić information content (AvgIpc) is 2.86. The predicted octanol–water partition coefficient (Wildman–Crippen LogP) is 1.48. The predicted molar refractivity (Wildman–Crippen MR) is 68.5 cm³/mol. The zero-order chi connectivity index (χ0) is 12.7. The molecule has 18 heavy (non-hydrogen) atoms. The Labute approximate surface area is 106 Å². The summed E-state index contributed by atoms with van der Waals surface area (Å²) < 4.78 is 7.70. The molecule has 1 aliphatic heterocycles. The highest BCUT2D eigenvalue weighted by atomic mass is 16.5. The molecule has 0 fully saturated rings. The fraction of sp³-hybridized carbons (Fsp3) is 0.385. The Bertz CT molecular complexity index is 591. The van der Waals surface area contributed by atoms with Gasteiger partial charge in [-0.1, -0.05) is 22.9 Å². The van der Waals surface area contributed by atoms with Crippen molar-refractivity contribution in [1.82, 2.24) is 15.0 Å². The molecule has 0 amide bonds. The standard InChI is InChI=1S/C13H16N4O/c1-8-3-4-12-10(5-8)6-11(18-12)7-17-9(2)13(14)15-16-17/h3-5,11H,6-7,14H2,1-2H3. The Hall–Kier alpha value is -2.04. The lowest BCUT2D eigenvalue weighted by atomic mass is 10.1. The molecule has 1 aliphatic rings. The van der Waals surface area contributed by atoms with Gasteiger partial charge < -0.3 is 10.5 Å². The van der Waals surface area contributed by atoms with Crippen LogP contribution in [0.4, 0.5) is 5.82 Å². The molecule has 1 atom stereocenters. The number of hydrogen-bond acceptors (Lipinski definition) is 4. The van der Waals surface area contributed by atoms with Crippen molar-refractivity contribution in [1.29, 1.82) is 0 Å². The van der Waals surface area contributed by atoms with E-state index in [4.69, 9.17) is 10.5 Å². The lowest BCUT2D eigenvalue weighted by molar-refractivity contribution is 0.201. The van der Waals surface area contributed by atoms with Gasteiger partial charge in [0, 0.05) is 6.42 Å². The first-order valence-corrected chi connectivity index (χ1v) is 6.05. The number of nitrogens with two attached hydrogens (primary N) is 1. The van der Waals surface area contributed by atoms with Gasteiger partial charge in [-0.25, -0.2) is 4.68 Å². The molecule has 5 nitrogen and oxygen atoms in total. The third kappa shape index (κ3) is 1.81. The molecule has 2 heterocycles. The largest absolute Gasteiger partial charge is 0.488 e. The molecule has 0 saturated carbocycles. The van der Waals surface area contributed by atoms with E-state index in [1.807, 2.05) is 13.0 Å². The van der Waals surface area contributed by atoms with Gasteiger partial charge in [-0.2, -0.15) is 0 Å². The SMILES string of the molecule is Cc1ccc2c(c1)CC(Cn1nnc(N)c1C)O2. The van der Waals surface area contributed by atoms with Gasteiger partial charge in [0.1, 0.15) is 11.9 Å². The molecule has 0 radical (unpaired) electrons. The summed E-state index contributed by atoms with van der Waals surface area (Å²) in [5.74, 6) is 1.47. The topological polar surface area (TPSA) is 66.0 Å². The van der Waals surface area contributed by atoms with Crippen LogP contribution >= 0.6 is 0 Å². The van der Waals surface area contributed by atoms with Crippen molar-refractivity contribution in [2.45, 2.75) is 32.9 Å². The highest BCUT2D eigenvalue weighted by molar-refractivity contribution is 5.40. The number of benzene rings is 1. The summed E-state index contributed by atoms with van der Waals surface area (Å²) in [6, 6.07) is 6.28. The zero-order valence-corrected chi connectivity index (χ0v) is 10.6. The van der Waals surface area contributed by atoms with Crippen molar-refractivity contribution >= 4 is 5.82 Å². The minimum absolute atomic E-state index is 0.113. The van der Waals surface area contributed by atoms with E-state index in [9.17, 15) is 0 Å². The van der Waals surface area contributed by atoms with Crippen molar-refractivity contribution < 1.29 is 4.74 Å². The van der Waals surface area contributed by atoms with Crippen LogP contribution in [0.15, 0.2) is 18.2 Å². The van der Waals surface area contributed by atoms with Crippen molar-refractivity contribution in [2.75, 3.05) is 5.73 Å². The van der Waals surface area contributed by atoms with Crippen LogP contribution < -0.4 is 10.5 Å². The number of aromatic nitrogens is 3. The summed E-state index contributed by atoms with van der Waals surface area (Å²) >= 11 is 0. The molecule has 0 saturated heterocycles. The monoisotopic (exact) mass is 244 g/mol. The summed E-state index contributed by atoms with van der Waals surface area (Å²) in [5, 5.41) is 7.88. The van der Waals surface area contributed by atoms with E-state index >= 15 is 0 Å². The summed E-state index contributed by atoms with van der Waals surface area (Å²) in [4.78, 5) is 0. The summed E-state index contributed by atoms with van der Waals surface area (Å²) in [7, 11) is 0. The van der Waals surface area contributed by atoms with Gasteiger partial charge in [0.15, 0.2) is 5.82 Å². The molecule has 5 heteroatoms. The van der Waals surface area contributed by atoms with Crippen LogP contribution in [0.1, 0.15) is 16.8 Å². The summed E-state index contributed by atoms with van der Waals surface area (Å²) in [5.41, 5.74) is 9.11. The van der Waals surface area contributed by atoms with Crippen molar-refractivity contribution in [2.24, 2.45) is 0 Å². The molecule has 3 rings (SSSR count). The molecule has 2 N–H and O–H groups in total. The Morgan fingerprint density at radius 1 is 1.44 bits per heavy atom. The maximum Gasteiger partial charge on any atom is 0.168 e. The minimum atomic E-state index is 0.113. The maximum atomic E-state index is 5.90. The van der Waals surface area contributed by atoms with Crippen molar-refractivity contribution in [3.8, 4) is 5.75 Å². The van der Waals surface area contributed by atoms with Crippen LogP contribution in [0.25, 0.3) is 0 Å². The van der Waals surface area contributed by atoms with Crippen molar-refractivity contribution in [3.05, 3.63) is 35.0 Å². The summed E-state index contributed by atoms with van der Waals surface area (Å²) in [6.07, 6.45) is 1.03. The number of nitrogens with zero attached hydrogens (tertiary/aromatic N) is 3. The number of aryl methyl sites for hydroxylation is 1. The molecule has 0 aliphatic carbocycles. The Kier molecular flexibility index (Phi) is 2.47. The second kappa shape index (κ2) is 4.01. The molecule has 0 bridgehead atoms. The number of hydrogen-bond donors (Lipinski definition) is 1. The van der Waals surface area contributed by atoms with Crippen molar-refractivity contribution in [3.63, 3.8) is 0 Å². The van der Waals surface area contributed by atoms with E-state index in [0.717, 1.165) is 17.9 Å². The Morgan fingerprint density at radius 2 is 2.28 bits per heavy atom. The van der Waals surface area contributed by atoms with Gasteiger partial charge in [0.2, 0.25) is 0 Å². The van der Waals surface area contributed by atoms with Gasteiger partial charge in [-0.05, 0) is 25.5 Å². The second-order valence-electron chi connectivity index (χ2n) is 4.80.